The summed E-state index contributed by atoms with van der Waals surface area (Å²) < 4.78 is 6.20. The predicted octanol–water partition coefficient (Wildman–Crippen LogP) is 7.21. The summed E-state index contributed by atoms with van der Waals surface area (Å²) in [6, 6.07) is 16.0. The molecule has 37 heavy (non-hydrogen) atoms. The van der Waals surface area contributed by atoms with E-state index in [0.717, 1.165) is 53.6 Å². The number of amides is 1. The van der Waals surface area contributed by atoms with Crippen LogP contribution in [0, 0.1) is 5.41 Å². The second-order valence-electron chi connectivity index (χ2n) is 12.1. The molecule has 6 heteroatoms. The van der Waals surface area contributed by atoms with Gasteiger partial charge in [0.05, 0.1) is 12.1 Å². The highest BCUT2D eigenvalue weighted by Gasteiger charge is 2.25. The van der Waals surface area contributed by atoms with Gasteiger partial charge in [0.2, 0.25) is 0 Å². The fourth-order valence-corrected chi connectivity index (χ4v) is 4.98. The lowest BCUT2D eigenvalue weighted by atomic mass is 9.87. The third kappa shape index (κ3) is 6.68. The van der Waals surface area contributed by atoms with Crippen LogP contribution in [-0.4, -0.2) is 28.5 Å². The molecular formula is C31H38N2O4. The van der Waals surface area contributed by atoms with Gasteiger partial charge in [-0.1, -0.05) is 65.7 Å². The number of fused-ring (bicyclic) bond motifs is 1. The molecular weight excluding hydrogens is 464 g/mol. The highest BCUT2D eigenvalue weighted by Crippen LogP contribution is 2.38. The van der Waals surface area contributed by atoms with Gasteiger partial charge in [0.1, 0.15) is 17.2 Å². The molecule has 0 unspecified atom stereocenters. The monoisotopic (exact) mass is 502 g/mol. The number of rotatable bonds is 8. The summed E-state index contributed by atoms with van der Waals surface area (Å²) in [7, 11) is 0. The minimum Gasteiger partial charge on any atom is -0.481 e. The van der Waals surface area contributed by atoms with E-state index in [1.807, 2.05) is 50.2 Å². The van der Waals surface area contributed by atoms with Gasteiger partial charge in [0, 0.05) is 17.8 Å². The minimum absolute atomic E-state index is 0.0204. The van der Waals surface area contributed by atoms with Crippen molar-refractivity contribution in [2.24, 2.45) is 5.41 Å². The average Bonchev–Trinajstić information content (AvgIpc) is 3.36. The minimum atomic E-state index is -0.880. The number of hydrogen-bond acceptors (Lipinski definition) is 4. The SMILES string of the molecule is CC(C)(CNC(=O)c1cc2ccc(Oc3ccc(C(C)(C)C)cc3)cc2c(C2CCCC2)n1)CC(=O)O. The summed E-state index contributed by atoms with van der Waals surface area (Å²) in [5.41, 5.74) is 2.09. The number of nitrogens with zero attached hydrogens (tertiary/aromatic N) is 1. The van der Waals surface area contributed by atoms with E-state index in [1.54, 1.807) is 0 Å². The highest BCUT2D eigenvalue weighted by atomic mass is 16.5. The molecule has 196 valence electrons. The van der Waals surface area contributed by atoms with Gasteiger partial charge in [-0.15, -0.1) is 0 Å². The number of ether oxygens (including phenoxy) is 1. The van der Waals surface area contributed by atoms with E-state index in [0.29, 0.717) is 11.6 Å². The van der Waals surface area contributed by atoms with Crippen LogP contribution in [0.1, 0.15) is 94.4 Å². The molecule has 1 heterocycles. The molecule has 0 spiro atoms. The standard InChI is InChI=1S/C31H38N2O4/c1-30(2,3)22-11-14-23(15-12-22)37-24-13-10-21-16-26(29(36)32-19-31(4,5)18-27(34)35)33-28(25(21)17-24)20-8-6-7-9-20/h10-17,20H,6-9,18-19H2,1-5H3,(H,32,36)(H,34,35). The molecule has 0 saturated heterocycles. The van der Waals surface area contributed by atoms with E-state index < -0.39 is 11.4 Å². The Labute approximate surface area is 219 Å². The van der Waals surface area contributed by atoms with Crippen LogP contribution < -0.4 is 10.1 Å². The van der Waals surface area contributed by atoms with Crippen molar-refractivity contribution < 1.29 is 19.4 Å². The summed E-state index contributed by atoms with van der Waals surface area (Å²) in [6.07, 6.45) is 4.40. The van der Waals surface area contributed by atoms with Crippen molar-refractivity contribution in [3.63, 3.8) is 0 Å². The largest absolute Gasteiger partial charge is 0.481 e. The van der Waals surface area contributed by atoms with Crippen molar-refractivity contribution in [2.45, 2.75) is 78.1 Å². The van der Waals surface area contributed by atoms with Crippen LogP contribution >= 0.6 is 0 Å². The molecule has 0 radical (unpaired) electrons. The second kappa shape index (κ2) is 10.5. The number of benzene rings is 2. The summed E-state index contributed by atoms with van der Waals surface area (Å²) in [6.45, 7) is 10.5. The maximum absolute atomic E-state index is 13.0. The molecule has 0 aliphatic heterocycles. The van der Waals surface area contributed by atoms with Crippen LogP contribution in [-0.2, 0) is 10.2 Å². The molecule has 1 aliphatic rings. The molecule has 2 aromatic carbocycles. The molecule has 1 amide bonds. The van der Waals surface area contributed by atoms with Gasteiger partial charge >= 0.3 is 5.97 Å². The Kier molecular flexibility index (Phi) is 7.58. The fourth-order valence-electron chi connectivity index (χ4n) is 4.98. The zero-order valence-corrected chi connectivity index (χ0v) is 22.6. The van der Waals surface area contributed by atoms with Gasteiger partial charge in [-0.05, 0) is 65.0 Å². The number of carboxylic acids is 1. The number of carbonyl (C=O) groups is 2. The van der Waals surface area contributed by atoms with Crippen molar-refractivity contribution in [3.05, 3.63) is 65.5 Å². The van der Waals surface area contributed by atoms with Crippen LogP contribution in [0.2, 0.25) is 0 Å². The number of aromatic nitrogens is 1. The van der Waals surface area contributed by atoms with Crippen LogP contribution in [0.15, 0.2) is 48.5 Å². The first-order chi connectivity index (χ1) is 17.4. The van der Waals surface area contributed by atoms with Crippen LogP contribution in [0.3, 0.4) is 0 Å². The van der Waals surface area contributed by atoms with Gasteiger partial charge in [-0.25, -0.2) is 4.98 Å². The molecule has 6 nitrogen and oxygen atoms in total. The average molecular weight is 503 g/mol. The van der Waals surface area contributed by atoms with Crippen LogP contribution in [0.25, 0.3) is 10.8 Å². The Morgan fingerprint density at radius 3 is 2.24 bits per heavy atom. The molecule has 1 fully saturated rings. The first-order valence-corrected chi connectivity index (χ1v) is 13.1. The fraction of sp³-hybridized carbons (Fsp3) is 0.452. The number of carbonyl (C=O) groups excluding carboxylic acids is 1. The van der Waals surface area contributed by atoms with Gasteiger partial charge < -0.3 is 15.2 Å². The number of nitrogens with one attached hydrogen (secondary N) is 1. The Morgan fingerprint density at radius 2 is 1.62 bits per heavy atom. The zero-order chi connectivity index (χ0) is 26.8. The smallest absolute Gasteiger partial charge is 0.303 e. The van der Waals surface area contributed by atoms with Crippen LogP contribution in [0.4, 0.5) is 0 Å². The Balaban J connectivity index is 1.61. The van der Waals surface area contributed by atoms with Crippen LogP contribution in [0.5, 0.6) is 11.5 Å². The quantitative estimate of drug-likeness (QED) is 0.340. The Bertz CT molecular complexity index is 1280. The van der Waals surface area contributed by atoms with Gasteiger partial charge in [0.25, 0.3) is 5.91 Å². The Hall–Kier alpha value is -3.41. The molecule has 1 aliphatic carbocycles. The topological polar surface area (TPSA) is 88.5 Å². The summed E-state index contributed by atoms with van der Waals surface area (Å²) in [5.74, 6) is 0.668. The Morgan fingerprint density at radius 1 is 0.973 bits per heavy atom. The molecule has 3 aromatic rings. The number of carboxylic acid groups (broad SMARTS) is 1. The maximum Gasteiger partial charge on any atom is 0.303 e. The van der Waals surface area contributed by atoms with E-state index in [4.69, 9.17) is 14.8 Å². The molecule has 1 aromatic heterocycles. The lowest BCUT2D eigenvalue weighted by Crippen LogP contribution is -2.35. The van der Waals surface area contributed by atoms with E-state index >= 15 is 0 Å². The predicted molar refractivity (Wildman–Crippen MR) is 147 cm³/mol. The van der Waals surface area contributed by atoms with Crippen molar-refractivity contribution in [1.82, 2.24) is 10.3 Å². The molecule has 4 rings (SSSR count). The first-order valence-electron chi connectivity index (χ1n) is 13.1. The second-order valence-corrected chi connectivity index (χ2v) is 12.1. The number of hydrogen-bond donors (Lipinski definition) is 2. The van der Waals surface area contributed by atoms with Crippen molar-refractivity contribution in [1.29, 1.82) is 0 Å². The van der Waals surface area contributed by atoms with Crippen molar-refractivity contribution in [3.8, 4) is 11.5 Å². The number of aliphatic carboxylic acids is 1. The van der Waals surface area contributed by atoms with Crippen molar-refractivity contribution in [2.75, 3.05) is 6.54 Å². The summed E-state index contributed by atoms with van der Waals surface area (Å²) in [4.78, 5) is 29.0. The van der Waals surface area contributed by atoms with E-state index in [2.05, 4.69) is 38.2 Å². The van der Waals surface area contributed by atoms with Gasteiger partial charge in [-0.3, -0.25) is 9.59 Å². The lowest BCUT2D eigenvalue weighted by Gasteiger charge is -2.23. The zero-order valence-electron chi connectivity index (χ0n) is 22.6. The first kappa shape index (κ1) is 26.6. The third-order valence-electron chi connectivity index (χ3n) is 7.12. The third-order valence-corrected chi connectivity index (χ3v) is 7.12. The van der Waals surface area contributed by atoms with E-state index in [-0.39, 0.29) is 24.3 Å². The van der Waals surface area contributed by atoms with Crippen molar-refractivity contribution >= 4 is 22.6 Å². The maximum atomic E-state index is 13.0. The molecule has 0 bridgehead atoms. The molecule has 1 saturated carbocycles. The van der Waals surface area contributed by atoms with Gasteiger partial charge in [0.15, 0.2) is 0 Å². The summed E-state index contributed by atoms with van der Waals surface area (Å²) >= 11 is 0. The normalized spacial score (nSPS) is 14.6. The molecule has 0 atom stereocenters. The summed E-state index contributed by atoms with van der Waals surface area (Å²) in [5, 5.41) is 14.0. The van der Waals surface area contributed by atoms with Gasteiger partial charge in [-0.2, -0.15) is 0 Å². The highest BCUT2D eigenvalue weighted by molar-refractivity contribution is 5.97. The molecule has 2 N–H and O–H groups in total. The number of pyridine rings is 1. The van der Waals surface area contributed by atoms with E-state index in [1.165, 1.54) is 5.56 Å². The lowest BCUT2D eigenvalue weighted by molar-refractivity contribution is -0.139. The van der Waals surface area contributed by atoms with E-state index in [9.17, 15) is 9.59 Å².